The molecule has 1 saturated heterocycles. The predicted molar refractivity (Wildman–Crippen MR) is 109 cm³/mol. The van der Waals surface area contributed by atoms with Gasteiger partial charge in [-0.25, -0.2) is 13.4 Å². The zero-order valence-electron chi connectivity index (χ0n) is 15.6. The highest BCUT2D eigenvalue weighted by Gasteiger charge is 2.25. The molecular weight excluding hydrogens is 374 g/mol. The molecule has 8 heteroatoms. The number of sulfonamides is 1. The van der Waals surface area contributed by atoms with Gasteiger partial charge >= 0.3 is 0 Å². The Morgan fingerprint density at radius 2 is 1.29 bits per heavy atom. The lowest BCUT2D eigenvalue weighted by Gasteiger charge is -2.33. The fraction of sp³-hybridized carbons (Fsp3) is 0.250. The molecule has 0 aliphatic carbocycles. The van der Waals surface area contributed by atoms with Gasteiger partial charge in [0.05, 0.1) is 6.26 Å². The first kappa shape index (κ1) is 18.5. The van der Waals surface area contributed by atoms with Crippen molar-refractivity contribution in [2.24, 2.45) is 0 Å². The number of piperazine rings is 1. The zero-order valence-corrected chi connectivity index (χ0v) is 16.4. The molecule has 0 saturated carbocycles. The van der Waals surface area contributed by atoms with Crippen LogP contribution >= 0.6 is 0 Å². The van der Waals surface area contributed by atoms with E-state index in [-0.39, 0.29) is 0 Å². The van der Waals surface area contributed by atoms with Crippen molar-refractivity contribution in [1.82, 2.24) is 19.5 Å². The lowest BCUT2D eigenvalue weighted by atomic mass is 10.0. The van der Waals surface area contributed by atoms with Gasteiger partial charge in [-0.1, -0.05) is 60.7 Å². The molecule has 2 aromatic carbocycles. The molecule has 7 nitrogen and oxygen atoms in total. The maximum absolute atomic E-state index is 11.7. The lowest BCUT2D eigenvalue weighted by molar-refractivity contribution is 0.385. The van der Waals surface area contributed by atoms with Crippen molar-refractivity contribution in [1.29, 1.82) is 0 Å². The summed E-state index contributed by atoms with van der Waals surface area (Å²) in [7, 11) is -3.18. The second kappa shape index (κ2) is 7.65. The summed E-state index contributed by atoms with van der Waals surface area (Å²) in [6.45, 7) is 1.91. The van der Waals surface area contributed by atoms with Crippen molar-refractivity contribution in [2.45, 2.75) is 0 Å². The van der Waals surface area contributed by atoms with Crippen LogP contribution in [-0.2, 0) is 10.0 Å². The molecule has 1 aliphatic rings. The van der Waals surface area contributed by atoms with E-state index in [9.17, 15) is 8.42 Å². The molecule has 0 radical (unpaired) electrons. The Bertz CT molecular complexity index is 1050. The van der Waals surface area contributed by atoms with Crippen molar-refractivity contribution in [3.8, 4) is 22.5 Å². The molecule has 0 amide bonds. The van der Waals surface area contributed by atoms with Crippen molar-refractivity contribution in [3.63, 3.8) is 0 Å². The van der Waals surface area contributed by atoms with E-state index in [1.54, 1.807) is 0 Å². The standard InChI is InChI=1S/C20H21N5O2S/c1-28(26,27)25-14-12-24(13-15-25)20-21-18(16-8-4-2-5-9-16)19(22-23-20)17-10-6-3-7-11-17/h2-11H,12-15H2,1H3. The summed E-state index contributed by atoms with van der Waals surface area (Å²) in [6, 6.07) is 19.8. The maximum atomic E-state index is 11.7. The Kier molecular flexibility index (Phi) is 5.06. The van der Waals surface area contributed by atoms with Crippen molar-refractivity contribution >= 4 is 16.0 Å². The molecule has 3 aromatic rings. The van der Waals surface area contributed by atoms with Gasteiger partial charge in [-0.15, -0.1) is 10.2 Å². The van der Waals surface area contributed by atoms with Crippen LogP contribution in [0.4, 0.5) is 5.95 Å². The van der Waals surface area contributed by atoms with Crippen molar-refractivity contribution < 1.29 is 8.42 Å². The molecular formula is C20H21N5O2S. The number of benzene rings is 2. The second-order valence-electron chi connectivity index (χ2n) is 6.69. The normalized spacial score (nSPS) is 15.5. The summed E-state index contributed by atoms with van der Waals surface area (Å²) < 4.78 is 24.9. The molecule has 1 fully saturated rings. The Morgan fingerprint density at radius 1 is 0.750 bits per heavy atom. The van der Waals surface area contributed by atoms with E-state index in [0.29, 0.717) is 32.1 Å². The monoisotopic (exact) mass is 395 g/mol. The van der Waals surface area contributed by atoms with Crippen LogP contribution in [0.25, 0.3) is 22.5 Å². The third-order valence-electron chi connectivity index (χ3n) is 4.76. The van der Waals surface area contributed by atoms with Gasteiger partial charge in [0.25, 0.3) is 0 Å². The summed E-state index contributed by atoms with van der Waals surface area (Å²) in [5, 5.41) is 8.83. The maximum Gasteiger partial charge on any atom is 0.246 e. The van der Waals surface area contributed by atoms with E-state index in [1.807, 2.05) is 65.6 Å². The highest BCUT2D eigenvalue weighted by Crippen LogP contribution is 2.29. The summed E-state index contributed by atoms with van der Waals surface area (Å²) in [5.74, 6) is 0.520. The summed E-state index contributed by atoms with van der Waals surface area (Å²) in [4.78, 5) is 6.80. The van der Waals surface area contributed by atoms with Gasteiger partial charge in [-0.3, -0.25) is 0 Å². The van der Waals surface area contributed by atoms with Crippen LogP contribution in [0.3, 0.4) is 0 Å². The average Bonchev–Trinajstić information content (AvgIpc) is 2.74. The van der Waals surface area contributed by atoms with E-state index in [1.165, 1.54) is 10.6 Å². The minimum absolute atomic E-state index is 0.420. The van der Waals surface area contributed by atoms with Crippen LogP contribution in [0.1, 0.15) is 0 Å². The number of nitrogens with zero attached hydrogens (tertiary/aromatic N) is 5. The first-order valence-corrected chi connectivity index (χ1v) is 10.9. The molecule has 1 aromatic heterocycles. The quantitative estimate of drug-likeness (QED) is 0.674. The summed E-state index contributed by atoms with van der Waals surface area (Å²) in [5.41, 5.74) is 3.41. The van der Waals surface area contributed by atoms with Crippen LogP contribution in [0.15, 0.2) is 60.7 Å². The highest BCUT2D eigenvalue weighted by molar-refractivity contribution is 7.88. The van der Waals surface area contributed by atoms with Gasteiger partial charge in [0.1, 0.15) is 11.4 Å². The second-order valence-corrected chi connectivity index (χ2v) is 8.67. The largest absolute Gasteiger partial charge is 0.337 e. The average molecular weight is 395 g/mol. The van der Waals surface area contributed by atoms with Crippen LogP contribution in [0.5, 0.6) is 0 Å². The molecule has 0 unspecified atom stereocenters. The number of anilines is 1. The van der Waals surface area contributed by atoms with Crippen LogP contribution in [-0.4, -0.2) is 60.3 Å². The van der Waals surface area contributed by atoms with Crippen molar-refractivity contribution in [3.05, 3.63) is 60.7 Å². The van der Waals surface area contributed by atoms with Gasteiger partial charge in [0.2, 0.25) is 16.0 Å². The van der Waals surface area contributed by atoms with E-state index in [2.05, 4.69) is 10.2 Å². The van der Waals surface area contributed by atoms with Gasteiger partial charge < -0.3 is 4.90 Å². The summed E-state index contributed by atoms with van der Waals surface area (Å²) >= 11 is 0. The molecule has 144 valence electrons. The molecule has 0 spiro atoms. The molecule has 0 N–H and O–H groups in total. The molecule has 4 rings (SSSR count). The van der Waals surface area contributed by atoms with E-state index in [0.717, 1.165) is 22.5 Å². The predicted octanol–water partition coefficient (Wildman–Crippen LogP) is 2.29. The third kappa shape index (κ3) is 3.88. The smallest absolute Gasteiger partial charge is 0.246 e. The van der Waals surface area contributed by atoms with E-state index in [4.69, 9.17) is 4.98 Å². The number of hydrogen-bond acceptors (Lipinski definition) is 6. The topological polar surface area (TPSA) is 79.3 Å². The fourth-order valence-corrected chi connectivity index (χ4v) is 4.09. The molecule has 0 atom stereocenters. The van der Waals surface area contributed by atoms with E-state index < -0.39 is 10.0 Å². The van der Waals surface area contributed by atoms with Crippen LogP contribution in [0.2, 0.25) is 0 Å². The third-order valence-corrected chi connectivity index (χ3v) is 6.06. The molecule has 2 heterocycles. The molecule has 0 bridgehead atoms. The Labute approximate surface area is 164 Å². The minimum Gasteiger partial charge on any atom is -0.337 e. The highest BCUT2D eigenvalue weighted by atomic mass is 32.2. The fourth-order valence-electron chi connectivity index (χ4n) is 3.26. The van der Waals surface area contributed by atoms with E-state index >= 15 is 0 Å². The Morgan fingerprint density at radius 3 is 1.82 bits per heavy atom. The van der Waals surface area contributed by atoms with Crippen LogP contribution in [0, 0.1) is 0 Å². The van der Waals surface area contributed by atoms with Crippen LogP contribution < -0.4 is 4.90 Å². The first-order valence-electron chi connectivity index (χ1n) is 9.08. The van der Waals surface area contributed by atoms with Crippen molar-refractivity contribution in [2.75, 3.05) is 37.3 Å². The van der Waals surface area contributed by atoms with Gasteiger partial charge in [0, 0.05) is 37.3 Å². The number of rotatable bonds is 4. The number of aromatic nitrogens is 3. The summed E-state index contributed by atoms with van der Waals surface area (Å²) in [6.07, 6.45) is 1.24. The number of hydrogen-bond donors (Lipinski definition) is 0. The first-order chi connectivity index (χ1) is 13.5. The molecule has 1 aliphatic heterocycles. The lowest BCUT2D eigenvalue weighted by Crippen LogP contribution is -2.49. The van der Waals surface area contributed by atoms with Gasteiger partial charge in [-0.05, 0) is 0 Å². The molecule has 28 heavy (non-hydrogen) atoms. The van der Waals surface area contributed by atoms with Gasteiger partial charge in [0.15, 0.2) is 0 Å². The Hall–Kier alpha value is -2.84. The van der Waals surface area contributed by atoms with Gasteiger partial charge in [-0.2, -0.15) is 4.31 Å². The Balaban J connectivity index is 1.70. The SMILES string of the molecule is CS(=O)(=O)N1CCN(c2nnc(-c3ccccc3)c(-c3ccccc3)n2)CC1. The minimum atomic E-state index is -3.18. The zero-order chi connectivity index (χ0) is 19.6.